The molecular formula is C18H27NO2. The van der Waals surface area contributed by atoms with E-state index in [1.807, 2.05) is 24.4 Å². The van der Waals surface area contributed by atoms with E-state index in [4.69, 9.17) is 9.47 Å². The smallest absolute Gasteiger partial charge is 0.0950 e. The molecule has 1 aromatic heterocycles. The highest BCUT2D eigenvalue weighted by atomic mass is 16.6. The van der Waals surface area contributed by atoms with Gasteiger partial charge in [0.05, 0.1) is 29.6 Å². The number of aromatic nitrogens is 1. The molecule has 2 bridgehead atoms. The van der Waals surface area contributed by atoms with Crippen LogP contribution < -0.4 is 0 Å². The summed E-state index contributed by atoms with van der Waals surface area (Å²) in [6.45, 7) is 7.39. The third-order valence-corrected chi connectivity index (χ3v) is 5.11. The van der Waals surface area contributed by atoms with E-state index in [1.54, 1.807) is 0 Å². The maximum absolute atomic E-state index is 6.56. The first-order valence-corrected chi connectivity index (χ1v) is 8.29. The molecule has 0 aromatic carbocycles. The van der Waals surface area contributed by atoms with Gasteiger partial charge in [0.15, 0.2) is 0 Å². The molecule has 2 aliphatic rings. The van der Waals surface area contributed by atoms with Crippen LogP contribution in [-0.4, -0.2) is 22.3 Å². The Labute approximate surface area is 128 Å². The molecule has 2 aliphatic heterocycles. The van der Waals surface area contributed by atoms with Gasteiger partial charge < -0.3 is 9.47 Å². The third-order valence-electron chi connectivity index (χ3n) is 5.11. The standard InChI is InChI=1S/C18H27NO2/c1-4-18-9-8-17(21-18,11-14(2)3)12-16(18)20-13-15-7-5-6-10-19-15/h5-7,10,14,16H,4,8-9,11-13H2,1-3H3. The summed E-state index contributed by atoms with van der Waals surface area (Å²) in [4.78, 5) is 4.35. The van der Waals surface area contributed by atoms with Crippen molar-refractivity contribution in [3.8, 4) is 0 Å². The van der Waals surface area contributed by atoms with Crippen molar-refractivity contribution >= 4 is 0 Å². The average molecular weight is 289 g/mol. The first-order chi connectivity index (χ1) is 10.1. The second-order valence-electron chi connectivity index (χ2n) is 7.13. The van der Waals surface area contributed by atoms with Crippen molar-refractivity contribution in [3.05, 3.63) is 30.1 Å². The molecule has 3 heteroatoms. The fraction of sp³-hybridized carbons (Fsp3) is 0.722. The Morgan fingerprint density at radius 1 is 1.38 bits per heavy atom. The predicted octanol–water partition coefficient (Wildman–Crippen LogP) is 4.11. The molecule has 0 amide bonds. The zero-order valence-corrected chi connectivity index (χ0v) is 13.5. The fourth-order valence-corrected chi connectivity index (χ4v) is 4.19. The normalized spacial score (nSPS) is 34.8. The second kappa shape index (κ2) is 5.69. The molecule has 1 aromatic rings. The van der Waals surface area contributed by atoms with Gasteiger partial charge in [0.2, 0.25) is 0 Å². The van der Waals surface area contributed by atoms with Crippen LogP contribution in [-0.2, 0) is 16.1 Å². The van der Waals surface area contributed by atoms with E-state index in [2.05, 4.69) is 25.8 Å². The molecule has 0 aliphatic carbocycles. The minimum absolute atomic E-state index is 0.0519. The first-order valence-electron chi connectivity index (χ1n) is 8.29. The molecule has 3 heterocycles. The Hall–Kier alpha value is -0.930. The molecule has 3 nitrogen and oxygen atoms in total. The van der Waals surface area contributed by atoms with Crippen LogP contribution in [0.3, 0.4) is 0 Å². The van der Waals surface area contributed by atoms with E-state index in [1.165, 1.54) is 6.42 Å². The lowest BCUT2D eigenvalue weighted by molar-refractivity contribution is -0.103. The van der Waals surface area contributed by atoms with Gasteiger partial charge in [-0.2, -0.15) is 0 Å². The summed E-state index contributed by atoms with van der Waals surface area (Å²) < 4.78 is 12.8. The molecule has 2 saturated heterocycles. The van der Waals surface area contributed by atoms with E-state index in [0.717, 1.165) is 31.4 Å². The van der Waals surface area contributed by atoms with Crippen molar-refractivity contribution in [2.75, 3.05) is 0 Å². The lowest BCUT2D eigenvalue weighted by Gasteiger charge is -2.32. The summed E-state index contributed by atoms with van der Waals surface area (Å²) >= 11 is 0. The van der Waals surface area contributed by atoms with Gasteiger partial charge in [0.1, 0.15) is 0 Å². The van der Waals surface area contributed by atoms with Gasteiger partial charge >= 0.3 is 0 Å². The van der Waals surface area contributed by atoms with Crippen molar-refractivity contribution in [2.45, 2.75) is 76.8 Å². The van der Waals surface area contributed by atoms with Gasteiger partial charge in [0.25, 0.3) is 0 Å². The van der Waals surface area contributed by atoms with E-state index in [-0.39, 0.29) is 17.3 Å². The zero-order valence-electron chi connectivity index (χ0n) is 13.5. The summed E-state index contributed by atoms with van der Waals surface area (Å²) in [5, 5.41) is 0. The van der Waals surface area contributed by atoms with E-state index in [0.29, 0.717) is 12.5 Å². The van der Waals surface area contributed by atoms with Crippen LogP contribution in [0, 0.1) is 5.92 Å². The molecule has 3 rings (SSSR count). The highest BCUT2D eigenvalue weighted by molar-refractivity contribution is 5.11. The molecule has 116 valence electrons. The molecule has 0 saturated carbocycles. The molecular weight excluding hydrogens is 262 g/mol. The Kier molecular flexibility index (Phi) is 4.06. The quantitative estimate of drug-likeness (QED) is 0.789. The summed E-state index contributed by atoms with van der Waals surface area (Å²) in [7, 11) is 0. The van der Waals surface area contributed by atoms with Gasteiger partial charge in [-0.05, 0) is 43.7 Å². The maximum Gasteiger partial charge on any atom is 0.0950 e. The predicted molar refractivity (Wildman–Crippen MR) is 83.0 cm³/mol. The minimum Gasteiger partial charge on any atom is -0.369 e. The molecule has 3 unspecified atom stereocenters. The molecule has 0 spiro atoms. The average Bonchev–Trinajstić information content (AvgIpc) is 2.98. The van der Waals surface area contributed by atoms with E-state index >= 15 is 0 Å². The van der Waals surface area contributed by atoms with Crippen molar-refractivity contribution in [2.24, 2.45) is 5.92 Å². The van der Waals surface area contributed by atoms with E-state index < -0.39 is 0 Å². The van der Waals surface area contributed by atoms with Crippen molar-refractivity contribution in [3.63, 3.8) is 0 Å². The lowest BCUT2D eigenvalue weighted by atomic mass is 9.76. The Morgan fingerprint density at radius 2 is 2.24 bits per heavy atom. The monoisotopic (exact) mass is 289 g/mol. The summed E-state index contributed by atoms with van der Waals surface area (Å²) in [6, 6.07) is 5.98. The van der Waals surface area contributed by atoms with E-state index in [9.17, 15) is 0 Å². The van der Waals surface area contributed by atoms with Gasteiger partial charge in [-0.1, -0.05) is 26.8 Å². The zero-order chi connectivity index (χ0) is 14.9. The van der Waals surface area contributed by atoms with Gasteiger partial charge in [0, 0.05) is 12.6 Å². The largest absolute Gasteiger partial charge is 0.369 e. The Morgan fingerprint density at radius 3 is 2.90 bits per heavy atom. The van der Waals surface area contributed by atoms with Crippen LogP contribution >= 0.6 is 0 Å². The number of pyridine rings is 1. The first kappa shape index (κ1) is 15.0. The summed E-state index contributed by atoms with van der Waals surface area (Å²) in [6.07, 6.45) is 7.62. The fourth-order valence-electron chi connectivity index (χ4n) is 4.19. The highest BCUT2D eigenvalue weighted by Gasteiger charge is 2.60. The Bertz CT molecular complexity index is 475. The number of ether oxygens (including phenoxy) is 2. The topological polar surface area (TPSA) is 31.4 Å². The van der Waals surface area contributed by atoms with Gasteiger partial charge in [-0.3, -0.25) is 4.98 Å². The van der Waals surface area contributed by atoms with Crippen molar-refractivity contribution in [1.29, 1.82) is 0 Å². The van der Waals surface area contributed by atoms with Gasteiger partial charge in [-0.25, -0.2) is 0 Å². The maximum atomic E-state index is 6.56. The SMILES string of the molecule is CCC12CCC(CC(C)C)(CC1OCc1ccccn1)O2. The van der Waals surface area contributed by atoms with Gasteiger partial charge in [-0.15, -0.1) is 0 Å². The molecule has 0 radical (unpaired) electrons. The lowest BCUT2D eigenvalue weighted by Crippen LogP contribution is -2.40. The minimum atomic E-state index is -0.0519. The number of fused-ring (bicyclic) bond motifs is 2. The highest BCUT2D eigenvalue weighted by Crippen LogP contribution is 2.55. The Balaban J connectivity index is 1.68. The second-order valence-corrected chi connectivity index (χ2v) is 7.13. The number of hydrogen-bond acceptors (Lipinski definition) is 3. The van der Waals surface area contributed by atoms with Crippen LogP contribution in [0.4, 0.5) is 0 Å². The van der Waals surface area contributed by atoms with Crippen LogP contribution in [0.5, 0.6) is 0 Å². The van der Waals surface area contributed by atoms with Crippen molar-refractivity contribution < 1.29 is 9.47 Å². The summed E-state index contributed by atoms with van der Waals surface area (Å²) in [5.41, 5.74) is 1.02. The number of hydrogen-bond donors (Lipinski definition) is 0. The summed E-state index contributed by atoms with van der Waals surface area (Å²) in [5.74, 6) is 0.673. The number of nitrogens with zero attached hydrogens (tertiary/aromatic N) is 1. The van der Waals surface area contributed by atoms with Crippen molar-refractivity contribution in [1.82, 2.24) is 4.98 Å². The number of rotatable bonds is 6. The third kappa shape index (κ3) is 2.86. The molecule has 0 N–H and O–H groups in total. The molecule has 21 heavy (non-hydrogen) atoms. The molecule has 2 fully saturated rings. The van der Waals surface area contributed by atoms with Crippen LogP contribution in [0.2, 0.25) is 0 Å². The van der Waals surface area contributed by atoms with Crippen LogP contribution in [0.25, 0.3) is 0 Å². The van der Waals surface area contributed by atoms with Crippen LogP contribution in [0.15, 0.2) is 24.4 Å². The molecule has 3 atom stereocenters. The van der Waals surface area contributed by atoms with Crippen LogP contribution in [0.1, 0.15) is 58.6 Å².